The van der Waals surface area contributed by atoms with Gasteiger partial charge in [-0.3, -0.25) is 9.88 Å². The molecule has 2 N–H and O–H groups in total. The van der Waals surface area contributed by atoms with Gasteiger partial charge < -0.3 is 14.9 Å². The molecule has 2 aromatic rings. The third-order valence-corrected chi connectivity index (χ3v) is 8.27. The van der Waals surface area contributed by atoms with Crippen LogP contribution in [0.1, 0.15) is 18.4 Å². The normalized spacial score (nSPS) is 17.9. The van der Waals surface area contributed by atoms with Gasteiger partial charge in [0.1, 0.15) is 5.82 Å². The average Bonchev–Trinajstić information content (AvgIpc) is 3.11. The number of nitrogens with zero attached hydrogens (tertiary/aromatic N) is 3. The van der Waals surface area contributed by atoms with Crippen LogP contribution in [0.15, 0.2) is 53.7 Å². The van der Waals surface area contributed by atoms with Crippen LogP contribution in [0.4, 0.5) is 30.7 Å². The van der Waals surface area contributed by atoms with E-state index in [1.54, 1.807) is 12.4 Å². The largest absolute Gasteiger partial charge is 0.490 e. The Morgan fingerprint density at radius 2 is 1.47 bits per heavy atom. The number of rotatable bonds is 4. The van der Waals surface area contributed by atoms with Crippen LogP contribution >= 0.6 is 0 Å². The Balaban J connectivity index is 0.000000384. The van der Waals surface area contributed by atoms with Gasteiger partial charge in [-0.1, -0.05) is 6.07 Å². The molecule has 0 aliphatic carbocycles. The minimum atomic E-state index is -5.08. The lowest BCUT2D eigenvalue weighted by molar-refractivity contribution is -0.193. The van der Waals surface area contributed by atoms with Gasteiger partial charge in [-0.25, -0.2) is 22.4 Å². The van der Waals surface area contributed by atoms with Crippen molar-refractivity contribution in [3.05, 3.63) is 60.2 Å². The zero-order valence-electron chi connectivity index (χ0n) is 22.3. The number of hydrogen-bond acceptors (Lipinski definition) is 7. The van der Waals surface area contributed by atoms with Crippen molar-refractivity contribution >= 4 is 22.0 Å². The Bertz CT molecular complexity index is 1290. The summed E-state index contributed by atoms with van der Waals surface area (Å²) in [6, 6.07) is 9.27. The summed E-state index contributed by atoms with van der Waals surface area (Å²) in [4.78, 5) is 24.3. The first kappa shape index (κ1) is 35.8. The zero-order chi connectivity index (χ0) is 32.5. The summed E-state index contributed by atoms with van der Waals surface area (Å²) in [5.74, 6) is -6.05. The van der Waals surface area contributed by atoms with Crippen molar-refractivity contribution in [2.45, 2.75) is 36.6 Å². The standard InChI is InChI=1S/C21H26FN3O3S.2C2HF3O2/c22-19-2-1-3-20(14-19)29(26,27)25-10-6-21(7-11-25)16-24(12-13-28-17-21)15-18-4-8-23-9-5-18;2*3-2(4,5)1(6)7/h1-5,8-9,14H,6-7,10-13,15-17H2;2*(H,6,7). The third-order valence-electron chi connectivity index (χ3n) is 6.38. The van der Waals surface area contributed by atoms with Gasteiger partial charge in [0.15, 0.2) is 0 Å². The smallest absolute Gasteiger partial charge is 0.475 e. The Morgan fingerprint density at radius 1 is 0.930 bits per heavy atom. The van der Waals surface area contributed by atoms with Gasteiger partial charge in [0, 0.05) is 50.5 Å². The molecule has 0 atom stereocenters. The van der Waals surface area contributed by atoms with E-state index in [2.05, 4.69) is 9.88 Å². The SMILES string of the molecule is O=C(O)C(F)(F)F.O=C(O)C(F)(F)F.O=S(=O)(c1cccc(F)c1)N1CCC2(CC1)COCCN(Cc1ccncc1)C2. The summed E-state index contributed by atoms with van der Waals surface area (Å²) in [6.07, 6.45) is -5.10. The van der Waals surface area contributed by atoms with Crippen molar-refractivity contribution in [2.75, 3.05) is 39.4 Å². The molecule has 1 spiro atoms. The molecule has 1 aromatic heterocycles. The van der Waals surface area contributed by atoms with Crippen LogP contribution in [-0.4, -0.2) is 96.5 Å². The molecule has 43 heavy (non-hydrogen) atoms. The number of hydrogen-bond donors (Lipinski definition) is 2. The first-order chi connectivity index (χ1) is 19.9. The van der Waals surface area contributed by atoms with E-state index in [0.717, 1.165) is 38.5 Å². The van der Waals surface area contributed by atoms with E-state index in [-0.39, 0.29) is 10.3 Å². The van der Waals surface area contributed by atoms with E-state index in [1.165, 1.54) is 28.1 Å². The highest BCUT2D eigenvalue weighted by Gasteiger charge is 2.41. The van der Waals surface area contributed by atoms with Crippen molar-refractivity contribution in [3.8, 4) is 0 Å². The highest BCUT2D eigenvalue weighted by molar-refractivity contribution is 7.89. The van der Waals surface area contributed by atoms with E-state index in [1.807, 2.05) is 12.1 Å². The molecule has 0 bridgehead atoms. The van der Waals surface area contributed by atoms with Gasteiger partial charge in [-0.2, -0.15) is 30.6 Å². The van der Waals surface area contributed by atoms with Crippen LogP contribution in [0, 0.1) is 11.2 Å². The summed E-state index contributed by atoms with van der Waals surface area (Å²) in [5.41, 5.74) is 1.15. The average molecular weight is 648 g/mol. The van der Waals surface area contributed by atoms with E-state index in [4.69, 9.17) is 24.5 Å². The summed E-state index contributed by atoms with van der Waals surface area (Å²) in [6.45, 7) is 4.74. The quantitative estimate of drug-likeness (QED) is 0.475. The number of halogens is 7. The Morgan fingerprint density at radius 3 is 1.95 bits per heavy atom. The number of piperidine rings is 1. The Kier molecular flexibility index (Phi) is 12.4. The van der Waals surface area contributed by atoms with Crippen LogP contribution in [0.3, 0.4) is 0 Å². The molecule has 2 aliphatic rings. The van der Waals surface area contributed by atoms with E-state index < -0.39 is 40.1 Å². The highest BCUT2D eigenvalue weighted by Crippen LogP contribution is 2.36. The number of carboxylic acids is 2. The number of aromatic nitrogens is 1. The van der Waals surface area contributed by atoms with Crippen LogP contribution < -0.4 is 0 Å². The van der Waals surface area contributed by atoms with E-state index >= 15 is 0 Å². The predicted molar refractivity (Wildman–Crippen MR) is 135 cm³/mol. The van der Waals surface area contributed by atoms with Crippen LogP contribution in [-0.2, 0) is 30.9 Å². The number of ether oxygens (including phenoxy) is 1. The second-order valence-electron chi connectivity index (χ2n) is 9.59. The van der Waals surface area contributed by atoms with Crippen LogP contribution in [0.2, 0.25) is 0 Å². The minimum Gasteiger partial charge on any atom is -0.475 e. The fraction of sp³-hybridized carbons (Fsp3) is 0.480. The number of aliphatic carboxylic acids is 2. The molecule has 240 valence electrons. The lowest BCUT2D eigenvalue weighted by atomic mass is 9.79. The van der Waals surface area contributed by atoms with Gasteiger partial charge in [-0.15, -0.1) is 0 Å². The van der Waals surface area contributed by atoms with E-state index in [9.17, 15) is 39.2 Å². The van der Waals surface area contributed by atoms with Crippen molar-refractivity contribution in [1.29, 1.82) is 0 Å². The molecule has 0 amide bonds. The van der Waals surface area contributed by atoms with E-state index in [0.29, 0.717) is 26.3 Å². The fourth-order valence-corrected chi connectivity index (χ4v) is 5.72. The molecule has 0 radical (unpaired) electrons. The molecule has 3 heterocycles. The molecule has 2 saturated heterocycles. The molecular weight excluding hydrogens is 619 g/mol. The minimum absolute atomic E-state index is 0.0184. The number of alkyl halides is 6. The Hall–Kier alpha value is -3.35. The maximum absolute atomic E-state index is 13.5. The van der Waals surface area contributed by atoms with Gasteiger partial charge in [-0.05, 0) is 48.7 Å². The number of carbonyl (C=O) groups is 2. The number of carboxylic acid groups (broad SMARTS) is 2. The molecule has 10 nitrogen and oxygen atoms in total. The monoisotopic (exact) mass is 647 g/mol. The maximum Gasteiger partial charge on any atom is 0.490 e. The first-order valence-electron chi connectivity index (χ1n) is 12.4. The fourth-order valence-electron chi connectivity index (χ4n) is 4.24. The molecule has 1 aromatic carbocycles. The van der Waals surface area contributed by atoms with Crippen molar-refractivity contribution in [3.63, 3.8) is 0 Å². The molecule has 18 heteroatoms. The molecule has 2 aliphatic heterocycles. The molecular formula is C25H28F7N3O7S. The van der Waals surface area contributed by atoms with Crippen molar-refractivity contribution in [1.82, 2.24) is 14.2 Å². The first-order valence-corrected chi connectivity index (χ1v) is 13.8. The second kappa shape index (κ2) is 14.9. The number of benzene rings is 1. The van der Waals surface area contributed by atoms with Crippen LogP contribution in [0.5, 0.6) is 0 Å². The number of sulfonamides is 1. The summed E-state index contributed by atoms with van der Waals surface area (Å²) >= 11 is 0. The topological polar surface area (TPSA) is 137 Å². The van der Waals surface area contributed by atoms with Gasteiger partial charge in [0.05, 0.1) is 18.1 Å². The lowest BCUT2D eigenvalue weighted by Gasteiger charge is -2.42. The molecule has 4 rings (SSSR count). The van der Waals surface area contributed by atoms with Gasteiger partial charge >= 0.3 is 24.3 Å². The van der Waals surface area contributed by atoms with Crippen molar-refractivity contribution < 1.29 is 63.7 Å². The predicted octanol–water partition coefficient (Wildman–Crippen LogP) is 3.79. The highest BCUT2D eigenvalue weighted by atomic mass is 32.2. The molecule has 2 fully saturated rings. The lowest BCUT2D eigenvalue weighted by Crippen LogP contribution is -2.48. The summed E-state index contributed by atoms with van der Waals surface area (Å²) < 4.78 is 110. The Labute approximate surface area is 241 Å². The number of pyridine rings is 1. The zero-order valence-corrected chi connectivity index (χ0v) is 23.1. The summed E-state index contributed by atoms with van der Waals surface area (Å²) in [7, 11) is -3.68. The maximum atomic E-state index is 13.5. The molecule has 0 unspecified atom stereocenters. The van der Waals surface area contributed by atoms with Gasteiger partial charge in [0.25, 0.3) is 0 Å². The second-order valence-corrected chi connectivity index (χ2v) is 11.5. The van der Waals surface area contributed by atoms with Gasteiger partial charge in [0.2, 0.25) is 10.0 Å². The third kappa shape index (κ3) is 11.3. The summed E-state index contributed by atoms with van der Waals surface area (Å²) in [5, 5.41) is 14.2. The van der Waals surface area contributed by atoms with Crippen molar-refractivity contribution in [2.24, 2.45) is 5.41 Å². The molecule has 0 saturated carbocycles. The van der Waals surface area contributed by atoms with Crippen LogP contribution in [0.25, 0.3) is 0 Å².